The maximum Gasteiger partial charge on any atom is 0.303 e. The molecule has 0 saturated carbocycles. The van der Waals surface area contributed by atoms with Crippen LogP contribution in [0.25, 0.3) is 32.6 Å². The van der Waals surface area contributed by atoms with Crippen LogP contribution in [0.2, 0.25) is 0 Å². The second-order valence-electron chi connectivity index (χ2n) is 6.64. The van der Waals surface area contributed by atoms with Gasteiger partial charge in [0.1, 0.15) is 5.82 Å². The van der Waals surface area contributed by atoms with Crippen molar-refractivity contribution in [2.75, 3.05) is 0 Å². The summed E-state index contributed by atoms with van der Waals surface area (Å²) in [5.74, 6) is -0.173. The third-order valence-corrected chi connectivity index (χ3v) is 5.65. The van der Waals surface area contributed by atoms with Gasteiger partial charge in [0, 0.05) is 16.9 Å². The molecule has 4 aromatic rings. The molecule has 0 amide bonds. The molecular weight excluding hydrogens is 391 g/mol. The number of aliphatic carboxylic acids is 1. The van der Waals surface area contributed by atoms with E-state index >= 15 is 0 Å². The molecule has 0 spiro atoms. The number of thiophene rings is 1. The van der Waals surface area contributed by atoms with Gasteiger partial charge in [0.15, 0.2) is 0 Å². The number of aromatic nitrogens is 2. The number of aryl methyl sites for hydroxylation is 2. The average molecular weight is 408 g/mol. The first-order valence-corrected chi connectivity index (χ1v) is 9.83. The van der Waals surface area contributed by atoms with Crippen molar-refractivity contribution in [3.63, 3.8) is 0 Å². The molecule has 4 rings (SSSR count). The van der Waals surface area contributed by atoms with Crippen molar-refractivity contribution in [3.05, 3.63) is 71.5 Å². The molecule has 7 heteroatoms. The van der Waals surface area contributed by atoms with E-state index in [1.54, 1.807) is 12.1 Å². The Hall–Kier alpha value is -3.32. The number of carbonyl (C=O) groups is 1. The fourth-order valence-electron chi connectivity index (χ4n) is 3.04. The first-order valence-electron chi connectivity index (χ1n) is 9.01. The van der Waals surface area contributed by atoms with Crippen LogP contribution in [0.3, 0.4) is 0 Å². The van der Waals surface area contributed by atoms with Crippen LogP contribution in [0, 0.1) is 12.7 Å². The number of nitrogens with zero attached hydrogens (tertiary/aromatic N) is 2. The summed E-state index contributed by atoms with van der Waals surface area (Å²) in [4.78, 5) is 17.1. The molecule has 0 aliphatic rings. The van der Waals surface area contributed by atoms with Crippen LogP contribution in [-0.2, 0) is 11.2 Å². The molecule has 0 atom stereocenters. The van der Waals surface area contributed by atoms with Gasteiger partial charge in [-0.15, -0.1) is 11.3 Å². The van der Waals surface area contributed by atoms with Crippen LogP contribution >= 0.6 is 11.3 Å². The Balaban J connectivity index is 1.56. The Kier molecular flexibility index (Phi) is 5.22. The van der Waals surface area contributed by atoms with E-state index in [1.165, 1.54) is 23.5 Å². The van der Waals surface area contributed by atoms with Crippen molar-refractivity contribution in [3.8, 4) is 32.6 Å². The number of benzene rings is 2. The van der Waals surface area contributed by atoms with Crippen LogP contribution in [0.15, 0.2) is 59.1 Å². The average Bonchev–Trinajstić information content (AvgIpc) is 3.36. The number of rotatable bonds is 6. The molecule has 1 N–H and O–H groups in total. The third kappa shape index (κ3) is 4.25. The maximum atomic E-state index is 13.1. The molecule has 29 heavy (non-hydrogen) atoms. The minimum atomic E-state index is -0.814. The first kappa shape index (κ1) is 19.0. The quantitative estimate of drug-likeness (QED) is 0.450. The molecule has 0 saturated heterocycles. The topological polar surface area (TPSA) is 76.2 Å². The zero-order valence-corrected chi connectivity index (χ0v) is 16.4. The summed E-state index contributed by atoms with van der Waals surface area (Å²) in [5, 5.41) is 12.9. The summed E-state index contributed by atoms with van der Waals surface area (Å²) in [6.45, 7) is 1.94. The number of carboxylic acids is 1. The second-order valence-corrected chi connectivity index (χ2v) is 7.72. The van der Waals surface area contributed by atoms with E-state index in [4.69, 9.17) is 9.63 Å². The normalized spacial score (nSPS) is 11.0. The summed E-state index contributed by atoms with van der Waals surface area (Å²) in [5.41, 5.74) is 3.68. The van der Waals surface area contributed by atoms with Crippen molar-refractivity contribution in [1.82, 2.24) is 10.1 Å². The third-order valence-electron chi connectivity index (χ3n) is 4.53. The molecule has 5 nitrogen and oxygen atoms in total. The Bertz CT molecular complexity index is 1170. The molecule has 2 heterocycles. The summed E-state index contributed by atoms with van der Waals surface area (Å²) in [7, 11) is 0. The van der Waals surface area contributed by atoms with Crippen LogP contribution in [-0.4, -0.2) is 21.2 Å². The van der Waals surface area contributed by atoms with Gasteiger partial charge < -0.3 is 9.63 Å². The minimum absolute atomic E-state index is 0.0971. The molecule has 0 radical (unpaired) electrons. The minimum Gasteiger partial charge on any atom is -0.481 e. The van der Waals surface area contributed by atoms with Gasteiger partial charge >= 0.3 is 5.97 Å². The Morgan fingerprint density at radius 3 is 2.59 bits per heavy atom. The number of hydrogen-bond acceptors (Lipinski definition) is 5. The molecule has 2 aromatic carbocycles. The lowest BCUT2D eigenvalue weighted by Crippen LogP contribution is -1.98. The molecule has 0 aliphatic heterocycles. The summed E-state index contributed by atoms with van der Waals surface area (Å²) < 4.78 is 18.6. The fraction of sp³-hybridized carbons (Fsp3) is 0.136. The zero-order valence-electron chi connectivity index (χ0n) is 15.6. The van der Waals surface area contributed by atoms with Gasteiger partial charge in [-0.1, -0.05) is 35.5 Å². The number of halogens is 1. The van der Waals surface area contributed by atoms with Crippen molar-refractivity contribution >= 4 is 17.3 Å². The van der Waals surface area contributed by atoms with Crippen LogP contribution < -0.4 is 0 Å². The van der Waals surface area contributed by atoms with Crippen LogP contribution in [0.5, 0.6) is 0 Å². The van der Waals surface area contributed by atoms with E-state index in [2.05, 4.69) is 10.1 Å². The van der Waals surface area contributed by atoms with Gasteiger partial charge in [0.05, 0.1) is 4.88 Å². The lowest BCUT2D eigenvalue weighted by Gasteiger charge is -2.04. The van der Waals surface area contributed by atoms with Gasteiger partial charge in [0.25, 0.3) is 5.89 Å². The number of carboxylic acid groups (broad SMARTS) is 1. The van der Waals surface area contributed by atoms with Gasteiger partial charge in [0.2, 0.25) is 5.82 Å². The predicted molar refractivity (Wildman–Crippen MR) is 109 cm³/mol. The van der Waals surface area contributed by atoms with Crippen molar-refractivity contribution in [2.24, 2.45) is 0 Å². The highest BCUT2D eigenvalue weighted by atomic mass is 32.1. The lowest BCUT2D eigenvalue weighted by molar-refractivity contribution is -0.136. The molecule has 0 aliphatic carbocycles. The smallest absolute Gasteiger partial charge is 0.303 e. The maximum absolute atomic E-state index is 13.1. The highest BCUT2D eigenvalue weighted by Gasteiger charge is 2.15. The number of hydrogen-bond donors (Lipinski definition) is 1. The van der Waals surface area contributed by atoms with Gasteiger partial charge in [-0.05, 0) is 54.3 Å². The zero-order chi connectivity index (χ0) is 20.4. The molecular formula is C22H17FN2O3S. The monoisotopic (exact) mass is 408 g/mol. The Morgan fingerprint density at radius 2 is 1.86 bits per heavy atom. The first-order chi connectivity index (χ1) is 14.0. The fourth-order valence-corrected chi connectivity index (χ4v) is 3.97. The van der Waals surface area contributed by atoms with E-state index in [1.807, 2.05) is 37.3 Å². The Morgan fingerprint density at radius 1 is 1.10 bits per heavy atom. The van der Waals surface area contributed by atoms with Crippen molar-refractivity contribution < 1.29 is 18.8 Å². The summed E-state index contributed by atoms with van der Waals surface area (Å²) >= 11 is 1.50. The molecule has 146 valence electrons. The van der Waals surface area contributed by atoms with E-state index in [0.717, 1.165) is 32.0 Å². The Labute approximate surface area is 170 Å². The standard InChI is InChI=1S/C22H17FN2O3S/c1-13-12-14(3-11-20(26)27)2-8-17(13)21-24-22(28-25-21)19-10-9-18(29-19)15-4-6-16(23)7-5-15/h2,4-10,12H,3,11H2,1H3,(H,26,27). The van der Waals surface area contributed by atoms with Gasteiger partial charge in [-0.2, -0.15) is 4.98 Å². The predicted octanol–water partition coefficient (Wildman–Crippen LogP) is 5.60. The van der Waals surface area contributed by atoms with E-state index in [9.17, 15) is 9.18 Å². The van der Waals surface area contributed by atoms with E-state index in [-0.39, 0.29) is 12.2 Å². The van der Waals surface area contributed by atoms with E-state index in [0.29, 0.717) is 18.1 Å². The summed E-state index contributed by atoms with van der Waals surface area (Å²) in [6, 6.07) is 15.9. The molecule has 2 aromatic heterocycles. The van der Waals surface area contributed by atoms with Crippen molar-refractivity contribution in [2.45, 2.75) is 19.8 Å². The summed E-state index contributed by atoms with van der Waals surface area (Å²) in [6.07, 6.45) is 0.579. The van der Waals surface area contributed by atoms with Crippen LogP contribution in [0.1, 0.15) is 17.5 Å². The highest BCUT2D eigenvalue weighted by Crippen LogP contribution is 2.34. The molecule has 0 fully saturated rings. The van der Waals surface area contributed by atoms with E-state index < -0.39 is 5.97 Å². The highest BCUT2D eigenvalue weighted by molar-refractivity contribution is 7.18. The van der Waals surface area contributed by atoms with Crippen molar-refractivity contribution in [1.29, 1.82) is 0 Å². The van der Waals surface area contributed by atoms with Gasteiger partial charge in [-0.25, -0.2) is 4.39 Å². The second kappa shape index (κ2) is 7.97. The van der Waals surface area contributed by atoms with Crippen LogP contribution in [0.4, 0.5) is 4.39 Å². The molecule has 0 unspecified atom stereocenters. The molecule has 0 bridgehead atoms. The lowest BCUT2D eigenvalue weighted by atomic mass is 10.0. The largest absolute Gasteiger partial charge is 0.481 e. The SMILES string of the molecule is Cc1cc(CCC(=O)O)ccc1-c1noc(-c2ccc(-c3ccc(F)cc3)s2)n1. The van der Waals surface area contributed by atoms with Gasteiger partial charge in [-0.3, -0.25) is 4.79 Å².